The maximum Gasteiger partial charge on any atom is 2.00 e. The average molecular weight is 962 g/mol. The number of ketones is 1. The first-order chi connectivity index (χ1) is 28.8. The number of methoxy groups -OCH3 is 2. The Morgan fingerprint density at radius 2 is 1.33 bits per heavy atom. The van der Waals surface area contributed by atoms with Gasteiger partial charge in [0.2, 0.25) is 5.91 Å². The van der Waals surface area contributed by atoms with E-state index >= 15 is 0 Å². The number of halogens is 1. The molecule has 17 heteroatoms. The molecule has 3 amide bonds. The summed E-state index contributed by atoms with van der Waals surface area (Å²) in [4.78, 5) is 71.8. The van der Waals surface area contributed by atoms with E-state index in [-0.39, 0.29) is 71.5 Å². The Morgan fingerprint density at radius 1 is 0.810 bits per heavy atom. The fourth-order valence-electron chi connectivity index (χ4n) is 5.23. The molecule has 2 aromatic rings. The number of likely N-dealkylation sites (tertiary alicyclic amines) is 1. The minimum absolute atomic E-state index is 0. The first-order valence-corrected chi connectivity index (χ1v) is 21.0. The van der Waals surface area contributed by atoms with Crippen molar-refractivity contribution in [1.82, 2.24) is 10.2 Å². The molecule has 0 unspecified atom stereocenters. The van der Waals surface area contributed by atoms with Crippen molar-refractivity contribution >= 4 is 58.9 Å². The Hall–Kier alpha value is -3.93. The molecule has 4 rings (SSSR count). The van der Waals surface area contributed by atoms with Crippen molar-refractivity contribution in [2.24, 2.45) is 0 Å². The quantitative estimate of drug-likeness (QED) is 0.0625. The van der Waals surface area contributed by atoms with Crippen LogP contribution in [-0.4, -0.2) is 128 Å². The molecule has 2 aromatic carbocycles. The fraction of sp³-hybridized carbons (Fsp3) is 0.609. The molecule has 0 aliphatic carbocycles. The van der Waals surface area contributed by atoms with Gasteiger partial charge in [-0.15, -0.1) is 12.1 Å². The van der Waals surface area contributed by atoms with Gasteiger partial charge in [0.25, 0.3) is 0 Å². The van der Waals surface area contributed by atoms with Crippen molar-refractivity contribution < 1.29 is 78.9 Å². The van der Waals surface area contributed by atoms with Crippen LogP contribution in [0.4, 0.5) is 9.59 Å². The van der Waals surface area contributed by atoms with Crippen LogP contribution in [-0.2, 0) is 38.1 Å². The predicted molar refractivity (Wildman–Crippen MR) is 235 cm³/mol. The van der Waals surface area contributed by atoms with Crippen molar-refractivity contribution in [2.75, 3.05) is 40.6 Å². The number of hydrogen-bond acceptors (Lipinski definition) is 13. The molecule has 0 spiro atoms. The minimum atomic E-state index is -0.958. The van der Waals surface area contributed by atoms with Crippen LogP contribution in [0, 0.1) is 6.07 Å². The summed E-state index contributed by atoms with van der Waals surface area (Å²) in [5, 5.41) is 2.46. The Bertz CT molecular complexity index is 1610. The molecule has 0 aromatic heterocycles. The van der Waals surface area contributed by atoms with Gasteiger partial charge >= 0.3 is 47.2 Å². The molecule has 0 saturated carbocycles. The second-order valence-electron chi connectivity index (χ2n) is 16.0. The molecule has 15 nitrogen and oxygen atoms in total. The van der Waals surface area contributed by atoms with Crippen LogP contribution in [0.25, 0.3) is 0 Å². The van der Waals surface area contributed by atoms with Gasteiger partial charge in [-0.2, -0.15) is 18.2 Å². The topological polar surface area (TPSA) is 182 Å². The van der Waals surface area contributed by atoms with E-state index in [0.29, 0.717) is 17.9 Å². The van der Waals surface area contributed by atoms with E-state index in [0.717, 1.165) is 49.7 Å². The van der Waals surface area contributed by atoms with Crippen molar-refractivity contribution in [1.29, 1.82) is 0 Å². The third-order valence-electron chi connectivity index (χ3n) is 8.34. The zero-order valence-electron chi connectivity index (χ0n) is 39.0. The van der Waals surface area contributed by atoms with Crippen LogP contribution in [0.1, 0.15) is 130 Å². The SMILES string of the molecule is C1CCOC1.CCCCOc1cc[c-]cc1.CCCCOc1ccc(C(=O)CC[C@H](NC(=O)OC(C)(C)C)C(=O)OC)cc1.COC(=O)[C@@H]1CCC(=O)N1C(=O)OC(C)(C)C.[Br-].[Mg+2]. The number of imide groups is 1. The maximum atomic E-state index is 12.4. The summed E-state index contributed by atoms with van der Waals surface area (Å²) in [5.74, 6) is -0.115. The van der Waals surface area contributed by atoms with E-state index in [2.05, 4.69) is 30.0 Å². The summed E-state index contributed by atoms with van der Waals surface area (Å²) in [6.07, 6.45) is 5.97. The van der Waals surface area contributed by atoms with Crippen molar-refractivity contribution in [3.63, 3.8) is 0 Å². The summed E-state index contributed by atoms with van der Waals surface area (Å²) in [7, 11) is 2.45. The molecule has 2 aliphatic rings. The number of benzene rings is 2. The number of ether oxygens (including phenoxy) is 7. The largest absolute Gasteiger partial charge is 2.00 e. The van der Waals surface area contributed by atoms with Gasteiger partial charge in [0.15, 0.2) is 5.78 Å². The van der Waals surface area contributed by atoms with Gasteiger partial charge in [0.05, 0.1) is 27.4 Å². The zero-order valence-corrected chi connectivity index (χ0v) is 42.0. The number of nitrogens with one attached hydrogen (secondary N) is 1. The smallest absolute Gasteiger partial charge is 1.00 e. The fourth-order valence-corrected chi connectivity index (χ4v) is 5.23. The minimum Gasteiger partial charge on any atom is -1.00 e. The standard InChI is InChI=1S/C21H31NO6.C11H17NO5.C10H13O.C4H8O.BrH.Mg/c1-6-7-14-27-16-10-8-15(9-11-16)18(23)13-12-17(19(24)26-5)22-20(25)28-21(2,3)4;1-11(2,3)17-10(15)12-7(9(14)16-4)5-6-8(12)13;1-2-3-9-11-10-7-5-4-6-8-10;1-2-4-5-3-1;;/h8-11,17H,6-7,12-14H2,1-5H3,(H,22,25);7H,5-6H2,1-4H3;5-8H,2-3,9H2,1H3;1-4H2;1H;/q;;-1;;;+2/p-1/t17-;7-;;;;/m00..../s1. The number of unbranched alkanes of at least 4 members (excludes halogenated alkanes) is 2. The van der Waals surface area contributed by atoms with Crippen molar-refractivity contribution in [3.8, 4) is 11.5 Å². The first kappa shape index (κ1) is 61.2. The summed E-state index contributed by atoms with van der Waals surface area (Å²) >= 11 is 0. The summed E-state index contributed by atoms with van der Waals surface area (Å²) in [6.45, 7) is 17.9. The normalized spacial score (nSPS) is 14.4. The number of carbonyl (C=O) groups excluding carboxylic acids is 6. The summed E-state index contributed by atoms with van der Waals surface area (Å²) < 4.78 is 35.4. The number of esters is 2. The van der Waals surface area contributed by atoms with Gasteiger partial charge in [-0.05, 0) is 104 Å². The van der Waals surface area contributed by atoms with Crippen LogP contribution in [0.15, 0.2) is 48.5 Å². The number of rotatable bonds is 15. The summed E-state index contributed by atoms with van der Waals surface area (Å²) in [6, 6.07) is 15.6. The van der Waals surface area contributed by atoms with Gasteiger partial charge < -0.3 is 55.5 Å². The molecule has 2 fully saturated rings. The van der Waals surface area contributed by atoms with Crippen LogP contribution in [0.2, 0.25) is 0 Å². The molecule has 350 valence electrons. The van der Waals surface area contributed by atoms with Gasteiger partial charge in [0, 0.05) is 37.4 Å². The summed E-state index contributed by atoms with van der Waals surface area (Å²) in [5.41, 5.74) is -0.883. The second-order valence-corrected chi connectivity index (χ2v) is 16.0. The van der Waals surface area contributed by atoms with Crippen LogP contribution in [0.3, 0.4) is 0 Å². The van der Waals surface area contributed by atoms with Gasteiger partial charge in [-0.1, -0.05) is 26.7 Å². The van der Waals surface area contributed by atoms with E-state index in [9.17, 15) is 28.8 Å². The third kappa shape index (κ3) is 27.8. The van der Waals surface area contributed by atoms with Crippen molar-refractivity contribution in [3.05, 3.63) is 60.2 Å². The van der Waals surface area contributed by atoms with Crippen LogP contribution >= 0.6 is 0 Å². The van der Waals surface area contributed by atoms with Gasteiger partial charge in [0.1, 0.15) is 29.0 Å². The number of alkyl carbamates (subject to hydrolysis) is 1. The molecular formula is C46H69BrMgN2O13. The first-order valence-electron chi connectivity index (χ1n) is 21.0. The van der Waals surface area contributed by atoms with E-state index in [1.807, 2.05) is 24.3 Å². The molecule has 0 radical (unpaired) electrons. The molecule has 2 aliphatic heterocycles. The third-order valence-corrected chi connectivity index (χ3v) is 8.34. The number of hydrogen-bond donors (Lipinski definition) is 1. The maximum absolute atomic E-state index is 12.4. The van der Waals surface area contributed by atoms with Crippen LogP contribution < -0.4 is 31.8 Å². The van der Waals surface area contributed by atoms with E-state index < -0.39 is 53.3 Å². The number of amides is 3. The molecule has 2 saturated heterocycles. The van der Waals surface area contributed by atoms with E-state index in [4.69, 9.17) is 28.4 Å². The molecule has 1 N–H and O–H groups in total. The van der Waals surface area contributed by atoms with Crippen molar-refractivity contribution in [2.45, 2.75) is 143 Å². The predicted octanol–water partition coefficient (Wildman–Crippen LogP) is 5.07. The van der Waals surface area contributed by atoms with Gasteiger partial charge in [-0.25, -0.2) is 24.1 Å². The molecule has 2 heterocycles. The molecule has 2 atom stereocenters. The zero-order chi connectivity index (χ0) is 45.8. The molecule has 0 bridgehead atoms. The Morgan fingerprint density at radius 3 is 1.78 bits per heavy atom. The molecule has 63 heavy (non-hydrogen) atoms. The number of carbonyl (C=O) groups is 6. The van der Waals surface area contributed by atoms with Crippen LogP contribution in [0.5, 0.6) is 11.5 Å². The van der Waals surface area contributed by atoms with E-state index in [1.165, 1.54) is 33.5 Å². The monoisotopic (exact) mass is 960 g/mol. The average Bonchev–Trinajstić information content (AvgIpc) is 3.93. The second kappa shape index (κ2) is 33.6. The Labute approximate surface area is 401 Å². The van der Waals surface area contributed by atoms with Gasteiger partial charge in [-0.3, -0.25) is 9.59 Å². The van der Waals surface area contributed by atoms with E-state index in [1.54, 1.807) is 65.8 Å². The molecular weight excluding hydrogens is 893 g/mol. The number of Topliss-reactive ketones (excluding diaryl/α,β-unsaturated/α-hetero) is 1. The Kier molecular flexibility index (Phi) is 32.6. The Balaban J connectivity index is 0. The number of nitrogens with zero attached hydrogens (tertiary/aromatic N) is 1.